The largest absolute Gasteiger partial charge is 0.328 e. The summed E-state index contributed by atoms with van der Waals surface area (Å²) in [5.41, 5.74) is 8.42. The fourth-order valence-corrected chi connectivity index (χ4v) is 2.69. The number of benzene rings is 1. The van der Waals surface area contributed by atoms with Crippen molar-refractivity contribution >= 4 is 0 Å². The van der Waals surface area contributed by atoms with E-state index in [1.165, 1.54) is 12.1 Å². The third-order valence-corrected chi connectivity index (χ3v) is 3.56. The van der Waals surface area contributed by atoms with E-state index in [4.69, 9.17) is 5.73 Å². The van der Waals surface area contributed by atoms with Gasteiger partial charge in [0.25, 0.3) is 0 Å². The molecule has 3 heteroatoms. The van der Waals surface area contributed by atoms with E-state index in [-0.39, 0.29) is 0 Å². The van der Waals surface area contributed by atoms with E-state index in [0.29, 0.717) is 12.0 Å². The predicted molar refractivity (Wildman–Crippen MR) is 68.1 cm³/mol. The molecule has 1 fully saturated rings. The van der Waals surface area contributed by atoms with Gasteiger partial charge in [0.05, 0.1) is 5.69 Å². The lowest BCUT2D eigenvalue weighted by Crippen LogP contribution is -2.15. The summed E-state index contributed by atoms with van der Waals surface area (Å²) in [6.07, 6.45) is 5.27. The van der Waals surface area contributed by atoms with Crippen molar-refractivity contribution in [1.82, 2.24) is 9.78 Å². The van der Waals surface area contributed by atoms with Crippen LogP contribution >= 0.6 is 0 Å². The van der Waals surface area contributed by atoms with Crippen LogP contribution in [0.4, 0.5) is 0 Å². The highest BCUT2D eigenvalue weighted by Gasteiger charge is 2.25. The first-order chi connectivity index (χ1) is 8.34. The van der Waals surface area contributed by atoms with Crippen molar-refractivity contribution in [3.05, 3.63) is 48.3 Å². The zero-order valence-corrected chi connectivity index (χ0v) is 9.79. The Balaban J connectivity index is 1.95. The Kier molecular flexibility index (Phi) is 2.69. The van der Waals surface area contributed by atoms with Gasteiger partial charge in [0.1, 0.15) is 0 Å². The second-order valence-electron chi connectivity index (χ2n) is 4.77. The summed E-state index contributed by atoms with van der Waals surface area (Å²) in [6.45, 7) is 0. The van der Waals surface area contributed by atoms with Crippen LogP contribution in [0.3, 0.4) is 0 Å². The number of hydrogen-bond acceptors (Lipinski definition) is 2. The topological polar surface area (TPSA) is 43.8 Å². The first-order valence-electron chi connectivity index (χ1n) is 6.19. The van der Waals surface area contributed by atoms with Gasteiger partial charge in [-0.2, -0.15) is 5.10 Å². The summed E-state index contributed by atoms with van der Waals surface area (Å²) < 4.78 is 2.04. The molecule has 88 valence electrons. The molecule has 0 spiro atoms. The van der Waals surface area contributed by atoms with Crippen LogP contribution in [-0.2, 0) is 0 Å². The lowest BCUT2D eigenvalue weighted by atomic mass is 10.0. The second kappa shape index (κ2) is 4.34. The van der Waals surface area contributed by atoms with Crippen LogP contribution in [0.15, 0.2) is 42.6 Å². The van der Waals surface area contributed by atoms with E-state index in [9.17, 15) is 0 Å². The van der Waals surface area contributed by atoms with Gasteiger partial charge in [-0.3, -0.25) is 0 Å². The third-order valence-electron chi connectivity index (χ3n) is 3.56. The summed E-state index contributed by atoms with van der Waals surface area (Å²) >= 11 is 0. The highest BCUT2D eigenvalue weighted by atomic mass is 15.3. The quantitative estimate of drug-likeness (QED) is 0.856. The Hall–Kier alpha value is -1.61. The SMILES string of the molecule is NC1CCC(c2ccnn2-c2ccccc2)C1. The molecule has 1 aliphatic carbocycles. The maximum Gasteiger partial charge on any atom is 0.0648 e. The van der Waals surface area contributed by atoms with Crippen molar-refractivity contribution in [3.8, 4) is 5.69 Å². The number of para-hydroxylation sites is 1. The van der Waals surface area contributed by atoms with Crippen molar-refractivity contribution in [3.63, 3.8) is 0 Å². The monoisotopic (exact) mass is 227 g/mol. The molecule has 2 aromatic rings. The molecule has 1 aromatic carbocycles. The van der Waals surface area contributed by atoms with Gasteiger partial charge in [0.2, 0.25) is 0 Å². The first-order valence-corrected chi connectivity index (χ1v) is 6.19. The fourth-order valence-electron chi connectivity index (χ4n) is 2.69. The normalized spacial score (nSPS) is 24.1. The van der Waals surface area contributed by atoms with E-state index in [1.54, 1.807) is 0 Å². The lowest BCUT2D eigenvalue weighted by molar-refractivity contribution is 0.635. The predicted octanol–water partition coefficient (Wildman–Crippen LogP) is 2.47. The van der Waals surface area contributed by atoms with E-state index in [0.717, 1.165) is 18.5 Å². The van der Waals surface area contributed by atoms with E-state index in [2.05, 4.69) is 23.3 Å². The van der Waals surface area contributed by atoms with Gasteiger partial charge < -0.3 is 5.73 Å². The smallest absolute Gasteiger partial charge is 0.0648 e. The van der Waals surface area contributed by atoms with E-state index in [1.807, 2.05) is 29.1 Å². The molecule has 0 bridgehead atoms. The molecular weight excluding hydrogens is 210 g/mol. The highest BCUT2D eigenvalue weighted by Crippen LogP contribution is 2.34. The minimum atomic E-state index is 0.360. The summed E-state index contributed by atoms with van der Waals surface area (Å²) in [5.74, 6) is 0.563. The summed E-state index contributed by atoms with van der Waals surface area (Å²) in [4.78, 5) is 0. The Morgan fingerprint density at radius 1 is 1.12 bits per heavy atom. The maximum atomic E-state index is 5.99. The van der Waals surface area contributed by atoms with Crippen LogP contribution in [0.2, 0.25) is 0 Å². The van der Waals surface area contributed by atoms with Gasteiger partial charge in [-0.05, 0) is 37.5 Å². The standard InChI is InChI=1S/C14H17N3/c15-12-7-6-11(10-12)14-8-9-16-17(14)13-4-2-1-3-5-13/h1-5,8-9,11-12H,6-7,10,15H2. The number of hydrogen-bond donors (Lipinski definition) is 1. The molecule has 0 radical (unpaired) electrons. The number of rotatable bonds is 2. The van der Waals surface area contributed by atoms with Crippen molar-refractivity contribution in [2.75, 3.05) is 0 Å². The molecular formula is C14H17N3. The van der Waals surface area contributed by atoms with Crippen molar-refractivity contribution < 1.29 is 0 Å². The lowest BCUT2D eigenvalue weighted by Gasteiger charge is -2.12. The van der Waals surface area contributed by atoms with Crippen LogP contribution in [-0.4, -0.2) is 15.8 Å². The average Bonchev–Trinajstić information content (AvgIpc) is 2.98. The zero-order valence-electron chi connectivity index (χ0n) is 9.79. The molecule has 2 N–H and O–H groups in total. The van der Waals surface area contributed by atoms with Gasteiger partial charge >= 0.3 is 0 Å². The van der Waals surface area contributed by atoms with Crippen molar-refractivity contribution in [2.45, 2.75) is 31.2 Å². The van der Waals surface area contributed by atoms with Crippen LogP contribution in [0, 0.1) is 0 Å². The Morgan fingerprint density at radius 3 is 2.65 bits per heavy atom. The molecule has 0 saturated heterocycles. The maximum absolute atomic E-state index is 5.99. The summed E-state index contributed by atoms with van der Waals surface area (Å²) in [7, 11) is 0. The van der Waals surface area contributed by atoms with Crippen LogP contribution in [0.25, 0.3) is 5.69 Å². The molecule has 17 heavy (non-hydrogen) atoms. The molecule has 2 atom stereocenters. The average molecular weight is 227 g/mol. The molecule has 1 saturated carbocycles. The highest BCUT2D eigenvalue weighted by molar-refractivity contribution is 5.33. The number of nitrogens with two attached hydrogens (primary N) is 1. The number of aromatic nitrogens is 2. The zero-order chi connectivity index (χ0) is 11.7. The molecule has 3 rings (SSSR count). The van der Waals surface area contributed by atoms with Gasteiger partial charge in [0, 0.05) is 23.9 Å². The summed E-state index contributed by atoms with van der Waals surface area (Å²) in [5, 5.41) is 4.43. The molecule has 0 amide bonds. The Morgan fingerprint density at radius 2 is 1.94 bits per heavy atom. The first kappa shape index (κ1) is 10.5. The fraction of sp³-hybridized carbons (Fsp3) is 0.357. The van der Waals surface area contributed by atoms with Crippen molar-refractivity contribution in [1.29, 1.82) is 0 Å². The van der Waals surface area contributed by atoms with E-state index >= 15 is 0 Å². The van der Waals surface area contributed by atoms with Crippen LogP contribution < -0.4 is 5.73 Å². The van der Waals surface area contributed by atoms with Gasteiger partial charge in [-0.1, -0.05) is 18.2 Å². The molecule has 1 heterocycles. The summed E-state index contributed by atoms with van der Waals surface area (Å²) in [6, 6.07) is 12.8. The molecule has 0 aliphatic heterocycles. The molecule has 2 unspecified atom stereocenters. The van der Waals surface area contributed by atoms with Gasteiger partial charge in [-0.25, -0.2) is 4.68 Å². The van der Waals surface area contributed by atoms with Crippen molar-refractivity contribution in [2.24, 2.45) is 5.73 Å². The third kappa shape index (κ3) is 1.98. The second-order valence-corrected chi connectivity index (χ2v) is 4.77. The Labute approximate surface area is 101 Å². The minimum absolute atomic E-state index is 0.360. The minimum Gasteiger partial charge on any atom is -0.328 e. The van der Waals surface area contributed by atoms with Crippen LogP contribution in [0.1, 0.15) is 30.9 Å². The van der Waals surface area contributed by atoms with Crippen LogP contribution in [0.5, 0.6) is 0 Å². The number of nitrogens with zero attached hydrogens (tertiary/aromatic N) is 2. The molecule has 3 nitrogen and oxygen atoms in total. The Bertz CT molecular complexity index is 489. The van der Waals surface area contributed by atoms with Gasteiger partial charge in [-0.15, -0.1) is 0 Å². The molecule has 1 aliphatic rings. The van der Waals surface area contributed by atoms with E-state index < -0.39 is 0 Å². The van der Waals surface area contributed by atoms with Gasteiger partial charge in [0.15, 0.2) is 0 Å². The molecule has 1 aromatic heterocycles.